The number of rotatable bonds is 3. The Morgan fingerprint density at radius 3 is 2.71 bits per heavy atom. The summed E-state index contributed by atoms with van der Waals surface area (Å²) in [6.45, 7) is -0.0361. The largest absolute Gasteiger partial charge is 0.417 e. The average molecular weight is 316 g/mol. The van der Waals surface area contributed by atoms with E-state index in [1.54, 1.807) is 18.2 Å². The quantitative estimate of drug-likeness (QED) is 0.886. The van der Waals surface area contributed by atoms with Crippen molar-refractivity contribution in [3.8, 4) is 0 Å². The van der Waals surface area contributed by atoms with E-state index in [9.17, 15) is 18.0 Å². The Morgan fingerprint density at radius 2 is 2.05 bits per heavy atom. The molecule has 1 N–H and O–H groups in total. The normalized spacial score (nSPS) is 11.2. The van der Waals surface area contributed by atoms with E-state index in [4.69, 9.17) is 11.6 Å². The number of alkyl halides is 3. The van der Waals surface area contributed by atoms with Crippen molar-refractivity contribution < 1.29 is 18.0 Å². The topological polar surface area (TPSA) is 54.9 Å². The molecule has 0 atom stereocenters. The fourth-order valence-corrected chi connectivity index (χ4v) is 1.82. The fraction of sp³-hybridized carbons (Fsp3) is 0.154. The van der Waals surface area contributed by atoms with Crippen molar-refractivity contribution in [3.63, 3.8) is 0 Å². The average Bonchev–Trinajstić information content (AvgIpc) is 2.44. The van der Waals surface area contributed by atoms with Crippen LogP contribution in [-0.2, 0) is 12.7 Å². The smallest absolute Gasteiger partial charge is 0.346 e. The number of aromatic nitrogens is 2. The molecule has 0 unspecified atom stereocenters. The van der Waals surface area contributed by atoms with Crippen LogP contribution >= 0.6 is 11.6 Å². The Bertz CT molecular complexity index is 661. The van der Waals surface area contributed by atoms with Crippen LogP contribution in [0.25, 0.3) is 0 Å². The highest BCUT2D eigenvalue weighted by atomic mass is 35.5. The molecule has 1 amide bonds. The lowest BCUT2D eigenvalue weighted by atomic mass is 10.1. The van der Waals surface area contributed by atoms with Crippen LogP contribution in [-0.4, -0.2) is 15.9 Å². The first kappa shape index (κ1) is 15.2. The second-order valence-corrected chi connectivity index (χ2v) is 4.44. The number of hydrogen-bond donors (Lipinski definition) is 1. The van der Waals surface area contributed by atoms with Gasteiger partial charge in [0.1, 0.15) is 5.15 Å². The van der Waals surface area contributed by atoms with Gasteiger partial charge < -0.3 is 5.32 Å². The summed E-state index contributed by atoms with van der Waals surface area (Å²) in [5.41, 5.74) is -1.13. The minimum Gasteiger partial charge on any atom is -0.346 e. The number of halogens is 4. The summed E-state index contributed by atoms with van der Waals surface area (Å²) >= 11 is 5.68. The summed E-state index contributed by atoms with van der Waals surface area (Å²) in [4.78, 5) is 19.3. The fourth-order valence-electron chi connectivity index (χ4n) is 1.64. The molecule has 0 saturated carbocycles. The van der Waals surface area contributed by atoms with Gasteiger partial charge in [-0.2, -0.15) is 13.2 Å². The molecule has 0 aromatic carbocycles. The number of amides is 1. The Hall–Kier alpha value is -2.15. The number of nitrogens with one attached hydrogen (secondary N) is 1. The first-order valence-corrected chi connectivity index (χ1v) is 6.16. The predicted molar refractivity (Wildman–Crippen MR) is 69.7 cm³/mol. The molecule has 0 saturated heterocycles. The molecule has 110 valence electrons. The molecule has 21 heavy (non-hydrogen) atoms. The molecule has 0 radical (unpaired) electrons. The maximum Gasteiger partial charge on any atom is 0.417 e. The van der Waals surface area contributed by atoms with E-state index in [2.05, 4.69) is 15.3 Å². The van der Waals surface area contributed by atoms with Gasteiger partial charge in [-0.05, 0) is 18.2 Å². The van der Waals surface area contributed by atoms with Gasteiger partial charge in [-0.1, -0.05) is 17.7 Å². The zero-order valence-electron chi connectivity index (χ0n) is 10.5. The van der Waals surface area contributed by atoms with Crippen molar-refractivity contribution in [2.45, 2.75) is 12.7 Å². The zero-order valence-corrected chi connectivity index (χ0v) is 11.2. The van der Waals surface area contributed by atoms with Gasteiger partial charge in [-0.15, -0.1) is 0 Å². The minimum atomic E-state index is -4.62. The zero-order chi connectivity index (χ0) is 15.5. The van der Waals surface area contributed by atoms with E-state index in [0.29, 0.717) is 5.69 Å². The van der Waals surface area contributed by atoms with Crippen LogP contribution in [0.3, 0.4) is 0 Å². The Labute approximate surface area is 123 Å². The van der Waals surface area contributed by atoms with E-state index >= 15 is 0 Å². The van der Waals surface area contributed by atoms with Crippen LogP contribution in [0.2, 0.25) is 5.15 Å². The molecular formula is C13H9ClF3N3O. The van der Waals surface area contributed by atoms with E-state index in [0.717, 1.165) is 18.5 Å². The predicted octanol–water partition coefficient (Wildman–Crippen LogP) is 3.08. The number of carbonyl (C=O) groups excluding carboxylic acids is 1. The van der Waals surface area contributed by atoms with E-state index in [1.165, 1.54) is 0 Å². The summed E-state index contributed by atoms with van der Waals surface area (Å²) in [5.74, 6) is -0.878. The summed E-state index contributed by atoms with van der Waals surface area (Å²) in [5, 5.41) is 2.59. The van der Waals surface area contributed by atoms with E-state index in [-0.39, 0.29) is 11.7 Å². The molecule has 0 aliphatic heterocycles. The summed E-state index contributed by atoms with van der Waals surface area (Å²) in [6.07, 6.45) is -2.76. The number of carbonyl (C=O) groups is 1. The van der Waals surface area contributed by atoms with Gasteiger partial charge in [-0.3, -0.25) is 9.78 Å². The lowest BCUT2D eigenvalue weighted by Gasteiger charge is -2.12. The van der Waals surface area contributed by atoms with Crippen LogP contribution in [0.5, 0.6) is 0 Å². The van der Waals surface area contributed by atoms with Gasteiger partial charge in [-0.25, -0.2) is 4.98 Å². The third-order valence-electron chi connectivity index (χ3n) is 2.57. The second-order valence-electron chi connectivity index (χ2n) is 4.05. The Balaban J connectivity index is 2.14. The third kappa shape index (κ3) is 3.91. The molecular weight excluding hydrogens is 307 g/mol. The summed E-state index contributed by atoms with van der Waals surface area (Å²) in [7, 11) is 0. The van der Waals surface area contributed by atoms with Gasteiger partial charge in [0, 0.05) is 12.4 Å². The highest BCUT2D eigenvalue weighted by Crippen LogP contribution is 2.31. The first-order valence-electron chi connectivity index (χ1n) is 5.79. The molecule has 2 heterocycles. The molecule has 0 bridgehead atoms. The summed E-state index contributed by atoms with van der Waals surface area (Å²) in [6, 6.07) is 5.53. The van der Waals surface area contributed by atoms with Gasteiger partial charge in [0.15, 0.2) is 0 Å². The van der Waals surface area contributed by atoms with Crippen molar-refractivity contribution in [2.75, 3.05) is 0 Å². The van der Waals surface area contributed by atoms with Gasteiger partial charge in [0.25, 0.3) is 5.91 Å². The monoisotopic (exact) mass is 315 g/mol. The third-order valence-corrected chi connectivity index (χ3v) is 2.78. The molecule has 0 spiro atoms. The second kappa shape index (κ2) is 6.09. The minimum absolute atomic E-state index is 0.0361. The van der Waals surface area contributed by atoms with Crippen molar-refractivity contribution in [1.29, 1.82) is 0 Å². The Kier molecular flexibility index (Phi) is 4.42. The van der Waals surface area contributed by atoms with Gasteiger partial charge >= 0.3 is 6.18 Å². The van der Waals surface area contributed by atoms with E-state index in [1.807, 2.05) is 0 Å². The molecule has 4 nitrogen and oxygen atoms in total. The lowest BCUT2D eigenvalue weighted by Crippen LogP contribution is -2.26. The van der Waals surface area contributed by atoms with Crippen molar-refractivity contribution in [2.24, 2.45) is 0 Å². The van der Waals surface area contributed by atoms with Crippen LogP contribution in [0.15, 0.2) is 36.7 Å². The molecule has 2 aromatic rings. The van der Waals surface area contributed by atoms with E-state index < -0.39 is 23.2 Å². The highest BCUT2D eigenvalue weighted by Gasteiger charge is 2.35. The van der Waals surface area contributed by atoms with Crippen LogP contribution in [0.4, 0.5) is 13.2 Å². The summed E-state index contributed by atoms with van der Waals surface area (Å²) < 4.78 is 38.4. The van der Waals surface area contributed by atoms with Crippen molar-refractivity contribution in [1.82, 2.24) is 15.3 Å². The molecule has 0 aliphatic rings. The molecule has 8 heteroatoms. The number of hydrogen-bond acceptors (Lipinski definition) is 3. The van der Waals surface area contributed by atoms with Crippen LogP contribution < -0.4 is 5.32 Å². The van der Waals surface area contributed by atoms with Gasteiger partial charge in [0.05, 0.1) is 23.4 Å². The molecule has 0 fully saturated rings. The number of pyridine rings is 2. The van der Waals surface area contributed by atoms with Gasteiger partial charge in [0.2, 0.25) is 0 Å². The lowest BCUT2D eigenvalue weighted by molar-refractivity contribution is -0.138. The highest BCUT2D eigenvalue weighted by molar-refractivity contribution is 6.29. The molecule has 2 rings (SSSR count). The first-order chi connectivity index (χ1) is 9.88. The maximum absolute atomic E-state index is 12.8. The van der Waals surface area contributed by atoms with Crippen molar-refractivity contribution in [3.05, 3.63) is 58.6 Å². The van der Waals surface area contributed by atoms with Crippen molar-refractivity contribution >= 4 is 17.5 Å². The molecule has 2 aromatic heterocycles. The maximum atomic E-state index is 12.8. The SMILES string of the molecule is O=C(NCc1cccc(Cl)n1)c1cnccc1C(F)(F)F. The Morgan fingerprint density at radius 1 is 1.29 bits per heavy atom. The van der Waals surface area contributed by atoms with Crippen LogP contribution in [0, 0.1) is 0 Å². The number of nitrogens with zero attached hydrogens (tertiary/aromatic N) is 2. The molecule has 0 aliphatic carbocycles. The van der Waals surface area contributed by atoms with Crippen LogP contribution in [0.1, 0.15) is 21.6 Å². The standard InChI is InChI=1S/C13H9ClF3N3O/c14-11-3-1-2-8(20-11)6-19-12(21)9-7-18-5-4-10(9)13(15,16)17/h1-5,7H,6H2,(H,19,21).